The summed E-state index contributed by atoms with van der Waals surface area (Å²) in [5.74, 6) is -0.459. The first-order chi connectivity index (χ1) is 11.6. The molecule has 1 N–H and O–H groups in total. The van der Waals surface area contributed by atoms with Crippen LogP contribution in [-0.4, -0.2) is 64.0 Å². The molecule has 7 heteroatoms. The molecule has 1 fully saturated rings. The maximum Gasteiger partial charge on any atom is 0.273 e. The Balaban J connectivity index is 1.64. The van der Waals surface area contributed by atoms with Crippen LogP contribution in [-0.2, 0) is 11.2 Å². The average molecular weight is 345 g/mol. The summed E-state index contributed by atoms with van der Waals surface area (Å²) in [6.45, 7) is 0.886. The molecule has 0 bridgehead atoms. The van der Waals surface area contributed by atoms with Crippen molar-refractivity contribution in [2.45, 2.75) is 12.5 Å². The number of carbonyl (C=O) groups excluding carboxylic acids is 2. The van der Waals surface area contributed by atoms with E-state index in [0.29, 0.717) is 12.2 Å². The highest BCUT2D eigenvalue weighted by Crippen LogP contribution is 2.12. The molecule has 1 aliphatic rings. The fraction of sp³-hybridized carbons (Fsp3) is 0.353. The maximum absolute atomic E-state index is 12.5. The van der Waals surface area contributed by atoms with E-state index in [1.54, 1.807) is 15.8 Å². The third kappa shape index (κ3) is 3.98. The highest BCUT2D eigenvalue weighted by atomic mass is 32.1. The van der Waals surface area contributed by atoms with Crippen LogP contribution in [0.15, 0.2) is 41.2 Å². The number of aromatic nitrogens is 1. The topological polar surface area (TPSA) is 73.7 Å². The standard InChI is InChI=1S/C17H19N3O3S/c21-14-8-19(7-6-13-4-2-1-3-5-13)16(22)10-20(9-14)17(23)15-11-24-12-18-15/h1-5,11-12,14,21H,6-10H2. The third-order valence-corrected chi connectivity index (χ3v) is 4.58. The first-order valence-electron chi connectivity index (χ1n) is 7.80. The van der Waals surface area contributed by atoms with Crippen molar-refractivity contribution in [1.82, 2.24) is 14.8 Å². The van der Waals surface area contributed by atoms with Crippen molar-refractivity contribution in [3.63, 3.8) is 0 Å². The van der Waals surface area contributed by atoms with Crippen molar-refractivity contribution in [1.29, 1.82) is 0 Å². The molecule has 126 valence electrons. The van der Waals surface area contributed by atoms with Gasteiger partial charge in [0.1, 0.15) is 12.2 Å². The van der Waals surface area contributed by atoms with E-state index in [2.05, 4.69) is 4.98 Å². The van der Waals surface area contributed by atoms with Gasteiger partial charge in [-0.2, -0.15) is 0 Å². The molecule has 1 saturated heterocycles. The fourth-order valence-corrected chi connectivity index (χ4v) is 3.28. The van der Waals surface area contributed by atoms with E-state index < -0.39 is 6.10 Å². The first kappa shape index (κ1) is 16.6. The van der Waals surface area contributed by atoms with Crippen molar-refractivity contribution >= 4 is 23.2 Å². The Kier molecular flexibility index (Phi) is 5.22. The van der Waals surface area contributed by atoms with Gasteiger partial charge in [0, 0.05) is 25.0 Å². The van der Waals surface area contributed by atoms with Gasteiger partial charge in [-0.3, -0.25) is 9.59 Å². The second kappa shape index (κ2) is 7.55. The summed E-state index contributed by atoms with van der Waals surface area (Å²) < 4.78 is 0. The molecule has 0 spiro atoms. The number of nitrogens with zero attached hydrogens (tertiary/aromatic N) is 3. The minimum Gasteiger partial charge on any atom is -0.389 e. The molecule has 1 aromatic heterocycles. The number of aliphatic hydroxyl groups is 1. The van der Waals surface area contributed by atoms with Gasteiger partial charge in [-0.05, 0) is 12.0 Å². The van der Waals surface area contributed by atoms with Crippen molar-refractivity contribution in [3.8, 4) is 0 Å². The van der Waals surface area contributed by atoms with Gasteiger partial charge in [-0.25, -0.2) is 4.98 Å². The Labute approximate surface area is 144 Å². The predicted octanol–water partition coefficient (Wildman–Crippen LogP) is 1.03. The Morgan fingerprint density at radius 2 is 2.08 bits per heavy atom. The summed E-state index contributed by atoms with van der Waals surface area (Å²) >= 11 is 1.33. The Morgan fingerprint density at radius 1 is 1.29 bits per heavy atom. The minimum absolute atomic E-state index is 0.0256. The molecule has 0 saturated carbocycles. The van der Waals surface area contributed by atoms with E-state index in [9.17, 15) is 14.7 Å². The quantitative estimate of drug-likeness (QED) is 0.898. The molecule has 2 heterocycles. The zero-order valence-electron chi connectivity index (χ0n) is 13.2. The molecule has 1 unspecified atom stereocenters. The van der Waals surface area contributed by atoms with Gasteiger partial charge < -0.3 is 14.9 Å². The van der Waals surface area contributed by atoms with Crippen LogP contribution in [0.25, 0.3) is 0 Å². The molecular formula is C17H19N3O3S. The molecular weight excluding hydrogens is 326 g/mol. The van der Waals surface area contributed by atoms with E-state index >= 15 is 0 Å². The van der Waals surface area contributed by atoms with Crippen LogP contribution < -0.4 is 0 Å². The summed E-state index contributed by atoms with van der Waals surface area (Å²) in [5.41, 5.74) is 3.03. The van der Waals surface area contributed by atoms with Crippen molar-refractivity contribution in [3.05, 3.63) is 52.5 Å². The third-order valence-electron chi connectivity index (χ3n) is 3.99. The molecule has 1 atom stereocenters. The van der Waals surface area contributed by atoms with E-state index in [1.807, 2.05) is 30.3 Å². The van der Waals surface area contributed by atoms with Gasteiger partial charge in [0.2, 0.25) is 5.91 Å². The van der Waals surface area contributed by atoms with Gasteiger partial charge in [0.15, 0.2) is 0 Å². The zero-order valence-corrected chi connectivity index (χ0v) is 14.0. The lowest BCUT2D eigenvalue weighted by Gasteiger charge is -2.21. The maximum atomic E-state index is 12.5. The smallest absolute Gasteiger partial charge is 0.273 e. The predicted molar refractivity (Wildman–Crippen MR) is 90.8 cm³/mol. The monoisotopic (exact) mass is 345 g/mol. The summed E-state index contributed by atoms with van der Waals surface area (Å²) in [6.07, 6.45) is -0.0332. The summed E-state index contributed by atoms with van der Waals surface area (Å²) in [6, 6.07) is 9.89. The highest BCUT2D eigenvalue weighted by Gasteiger charge is 2.30. The first-order valence-corrected chi connectivity index (χ1v) is 8.75. The lowest BCUT2D eigenvalue weighted by Crippen LogP contribution is -2.40. The van der Waals surface area contributed by atoms with Crippen LogP contribution in [0.3, 0.4) is 0 Å². The van der Waals surface area contributed by atoms with Crippen molar-refractivity contribution in [2.24, 2.45) is 0 Å². The largest absolute Gasteiger partial charge is 0.389 e. The molecule has 2 aromatic rings. The Bertz CT molecular complexity index is 690. The Hall–Kier alpha value is -2.25. The number of hydrogen-bond donors (Lipinski definition) is 1. The summed E-state index contributed by atoms with van der Waals surface area (Å²) in [5, 5.41) is 11.8. The number of benzene rings is 1. The second-order valence-corrected chi connectivity index (χ2v) is 6.51. The molecule has 0 aliphatic carbocycles. The van der Waals surface area contributed by atoms with E-state index in [-0.39, 0.29) is 31.4 Å². The van der Waals surface area contributed by atoms with Crippen LogP contribution in [0.1, 0.15) is 16.1 Å². The second-order valence-electron chi connectivity index (χ2n) is 5.79. The number of hydrogen-bond acceptors (Lipinski definition) is 5. The normalized spacial score (nSPS) is 18.5. The molecule has 3 rings (SSSR count). The summed E-state index contributed by atoms with van der Waals surface area (Å²) in [7, 11) is 0. The van der Waals surface area contributed by atoms with Gasteiger partial charge in [0.05, 0.1) is 11.6 Å². The molecule has 1 aliphatic heterocycles. The van der Waals surface area contributed by atoms with Gasteiger partial charge in [0.25, 0.3) is 5.91 Å². The van der Waals surface area contributed by atoms with Gasteiger partial charge >= 0.3 is 0 Å². The molecule has 24 heavy (non-hydrogen) atoms. The van der Waals surface area contributed by atoms with Crippen LogP contribution >= 0.6 is 11.3 Å². The molecule has 2 amide bonds. The number of carbonyl (C=O) groups is 2. The lowest BCUT2D eigenvalue weighted by molar-refractivity contribution is -0.131. The van der Waals surface area contributed by atoms with E-state index in [4.69, 9.17) is 0 Å². The number of thiazole rings is 1. The van der Waals surface area contributed by atoms with E-state index in [1.165, 1.54) is 16.2 Å². The SMILES string of the molecule is O=C1CN(C(=O)c2cscn2)CC(O)CN1CCc1ccccc1. The zero-order chi connectivity index (χ0) is 16.9. The summed E-state index contributed by atoms with van der Waals surface area (Å²) in [4.78, 5) is 31.8. The minimum atomic E-state index is -0.755. The molecule has 1 aromatic carbocycles. The number of β-amino-alcohol motifs (C(OH)–C–C–N with tert-alkyl or cyclic N) is 1. The van der Waals surface area contributed by atoms with E-state index in [0.717, 1.165) is 12.0 Å². The molecule has 0 radical (unpaired) electrons. The average Bonchev–Trinajstić information content (AvgIpc) is 3.08. The van der Waals surface area contributed by atoms with Crippen LogP contribution in [0, 0.1) is 0 Å². The number of aliphatic hydroxyl groups excluding tert-OH is 1. The Morgan fingerprint density at radius 3 is 2.79 bits per heavy atom. The van der Waals surface area contributed by atoms with Crippen molar-refractivity contribution in [2.75, 3.05) is 26.2 Å². The van der Waals surface area contributed by atoms with Crippen LogP contribution in [0.2, 0.25) is 0 Å². The lowest BCUT2D eigenvalue weighted by atomic mass is 10.1. The number of rotatable bonds is 4. The van der Waals surface area contributed by atoms with Crippen LogP contribution in [0.4, 0.5) is 0 Å². The van der Waals surface area contributed by atoms with Gasteiger partial charge in [-0.1, -0.05) is 30.3 Å². The van der Waals surface area contributed by atoms with Crippen LogP contribution in [0.5, 0.6) is 0 Å². The van der Waals surface area contributed by atoms with Crippen molar-refractivity contribution < 1.29 is 14.7 Å². The fourth-order valence-electron chi connectivity index (χ4n) is 2.76. The highest BCUT2D eigenvalue weighted by molar-refractivity contribution is 7.07. The molecule has 6 nitrogen and oxygen atoms in total. The number of amides is 2. The van der Waals surface area contributed by atoms with Gasteiger partial charge in [-0.15, -0.1) is 11.3 Å².